The van der Waals surface area contributed by atoms with Crippen molar-refractivity contribution in [3.63, 3.8) is 0 Å². The number of rotatable bonds is 4. The molecule has 0 radical (unpaired) electrons. The molecule has 1 unspecified atom stereocenters. The van der Waals surface area contributed by atoms with Crippen molar-refractivity contribution in [3.05, 3.63) is 35.4 Å². The van der Waals surface area contributed by atoms with E-state index in [1.54, 1.807) is 6.92 Å². The van der Waals surface area contributed by atoms with Crippen molar-refractivity contribution in [2.24, 2.45) is 5.73 Å². The van der Waals surface area contributed by atoms with Crippen LogP contribution in [0.15, 0.2) is 24.3 Å². The largest absolute Gasteiger partial charge is 0.348 e. The molecule has 1 rings (SSSR count). The fraction of sp³-hybridized carbons (Fsp3) is 0.500. The molecule has 1 amide bonds. The highest BCUT2D eigenvalue weighted by molar-refractivity contribution is 5.85. The van der Waals surface area contributed by atoms with Crippen molar-refractivity contribution in [1.82, 2.24) is 5.32 Å². The maximum atomic E-state index is 11.9. The summed E-state index contributed by atoms with van der Waals surface area (Å²) in [5, 5.41) is 2.94. The number of carbonyl (C=O) groups is 1. The summed E-state index contributed by atoms with van der Waals surface area (Å²) in [4.78, 5) is 11.9. The van der Waals surface area contributed by atoms with Crippen LogP contribution in [0.3, 0.4) is 0 Å². The van der Waals surface area contributed by atoms with Crippen LogP contribution in [0.5, 0.6) is 0 Å². The number of amides is 1. The molecule has 0 aliphatic rings. The molecule has 0 aliphatic carbocycles. The fourth-order valence-electron chi connectivity index (χ4n) is 1.46. The maximum absolute atomic E-state index is 11.9. The van der Waals surface area contributed by atoms with E-state index < -0.39 is 5.54 Å². The normalized spacial score (nSPS) is 16.1. The van der Waals surface area contributed by atoms with Gasteiger partial charge in [0.2, 0.25) is 5.91 Å². The van der Waals surface area contributed by atoms with Crippen LogP contribution in [0.2, 0.25) is 0 Å². The highest BCUT2D eigenvalue weighted by atomic mass is 16.2. The topological polar surface area (TPSA) is 55.1 Å². The van der Waals surface area contributed by atoms with Crippen LogP contribution in [0.4, 0.5) is 0 Å². The van der Waals surface area contributed by atoms with Crippen LogP contribution < -0.4 is 11.1 Å². The number of hydrogen-bond donors (Lipinski definition) is 2. The van der Waals surface area contributed by atoms with Crippen molar-refractivity contribution < 1.29 is 4.79 Å². The minimum atomic E-state index is -0.793. The first-order valence-corrected chi connectivity index (χ1v) is 6.03. The Morgan fingerprint density at radius 1 is 1.41 bits per heavy atom. The maximum Gasteiger partial charge on any atom is 0.240 e. The van der Waals surface area contributed by atoms with E-state index >= 15 is 0 Å². The van der Waals surface area contributed by atoms with Gasteiger partial charge in [-0.05, 0) is 32.8 Å². The Balaban J connectivity index is 2.70. The Labute approximate surface area is 103 Å². The van der Waals surface area contributed by atoms with Crippen LogP contribution in [0.1, 0.15) is 44.4 Å². The third kappa shape index (κ3) is 3.56. The lowest BCUT2D eigenvalue weighted by atomic mass is 9.98. The Morgan fingerprint density at radius 2 is 1.94 bits per heavy atom. The second-order valence-corrected chi connectivity index (χ2v) is 4.88. The van der Waals surface area contributed by atoms with E-state index in [1.165, 1.54) is 5.56 Å². The van der Waals surface area contributed by atoms with Gasteiger partial charge in [-0.2, -0.15) is 0 Å². The van der Waals surface area contributed by atoms with Crippen LogP contribution in [0, 0.1) is 6.92 Å². The molecule has 0 saturated heterocycles. The molecule has 2 atom stereocenters. The first-order chi connectivity index (χ1) is 7.86. The molecule has 1 aromatic rings. The third-order valence-electron chi connectivity index (χ3n) is 3.18. The van der Waals surface area contributed by atoms with Gasteiger partial charge >= 0.3 is 0 Å². The summed E-state index contributed by atoms with van der Waals surface area (Å²) in [6, 6.07) is 8.12. The molecule has 17 heavy (non-hydrogen) atoms. The summed E-state index contributed by atoms with van der Waals surface area (Å²) in [5.74, 6) is -0.104. The zero-order valence-corrected chi connectivity index (χ0v) is 11.1. The predicted octanol–water partition coefficient (Wildman–Crippen LogP) is 2.30. The number of hydrogen-bond acceptors (Lipinski definition) is 2. The van der Waals surface area contributed by atoms with Gasteiger partial charge in [-0.3, -0.25) is 4.79 Å². The molecule has 0 saturated carbocycles. The molecule has 3 heteroatoms. The highest BCUT2D eigenvalue weighted by Gasteiger charge is 2.27. The number of carbonyl (C=O) groups excluding carboxylic acids is 1. The molecule has 3 nitrogen and oxygen atoms in total. The van der Waals surface area contributed by atoms with E-state index in [0.717, 1.165) is 5.56 Å². The Hall–Kier alpha value is -1.35. The smallest absolute Gasteiger partial charge is 0.240 e. The summed E-state index contributed by atoms with van der Waals surface area (Å²) in [6.45, 7) is 7.68. The van der Waals surface area contributed by atoms with E-state index in [-0.39, 0.29) is 11.9 Å². The molecule has 3 N–H and O–H groups in total. The quantitative estimate of drug-likeness (QED) is 0.840. The average molecular weight is 234 g/mol. The van der Waals surface area contributed by atoms with Gasteiger partial charge in [0.1, 0.15) is 0 Å². The lowest BCUT2D eigenvalue weighted by molar-refractivity contribution is -0.126. The lowest BCUT2D eigenvalue weighted by Crippen LogP contribution is -2.51. The minimum absolute atomic E-state index is 0.0162. The van der Waals surface area contributed by atoms with Gasteiger partial charge < -0.3 is 11.1 Å². The molecule has 0 heterocycles. The Kier molecular flexibility index (Phi) is 4.29. The van der Waals surface area contributed by atoms with Gasteiger partial charge in [0.15, 0.2) is 0 Å². The average Bonchev–Trinajstić information content (AvgIpc) is 2.29. The van der Waals surface area contributed by atoms with Crippen LogP contribution in [-0.4, -0.2) is 11.4 Å². The van der Waals surface area contributed by atoms with Gasteiger partial charge in [0, 0.05) is 0 Å². The van der Waals surface area contributed by atoms with Crippen LogP contribution >= 0.6 is 0 Å². The molecule has 0 bridgehead atoms. The van der Waals surface area contributed by atoms with E-state index in [4.69, 9.17) is 5.73 Å². The standard InChI is InChI=1S/C14H22N2O/c1-5-14(4,15)13(17)16-11(3)12-8-6-10(2)7-9-12/h6-9,11H,5,15H2,1-4H3,(H,16,17)/t11-,14?/m0/s1. The van der Waals surface area contributed by atoms with Crippen molar-refractivity contribution >= 4 is 5.91 Å². The van der Waals surface area contributed by atoms with E-state index in [9.17, 15) is 4.79 Å². The zero-order chi connectivity index (χ0) is 13.1. The van der Waals surface area contributed by atoms with Crippen molar-refractivity contribution in [2.45, 2.75) is 45.7 Å². The fourth-order valence-corrected chi connectivity index (χ4v) is 1.46. The summed E-state index contributed by atoms with van der Waals surface area (Å²) >= 11 is 0. The summed E-state index contributed by atoms with van der Waals surface area (Å²) in [7, 11) is 0. The molecule has 0 fully saturated rings. The first-order valence-electron chi connectivity index (χ1n) is 6.03. The van der Waals surface area contributed by atoms with E-state index in [1.807, 2.05) is 45.0 Å². The van der Waals surface area contributed by atoms with Gasteiger partial charge in [0.05, 0.1) is 11.6 Å². The summed E-state index contributed by atoms with van der Waals surface area (Å²) < 4.78 is 0. The van der Waals surface area contributed by atoms with Crippen molar-refractivity contribution in [1.29, 1.82) is 0 Å². The molecular formula is C14H22N2O. The molecule has 1 aromatic carbocycles. The van der Waals surface area contributed by atoms with Gasteiger partial charge in [0.25, 0.3) is 0 Å². The molecule has 0 spiro atoms. The van der Waals surface area contributed by atoms with Gasteiger partial charge in [-0.1, -0.05) is 36.8 Å². The zero-order valence-electron chi connectivity index (χ0n) is 11.1. The summed E-state index contributed by atoms with van der Waals surface area (Å²) in [5.41, 5.74) is 7.41. The lowest BCUT2D eigenvalue weighted by Gasteiger charge is -2.24. The minimum Gasteiger partial charge on any atom is -0.348 e. The predicted molar refractivity (Wildman–Crippen MR) is 70.6 cm³/mol. The van der Waals surface area contributed by atoms with Gasteiger partial charge in [-0.15, -0.1) is 0 Å². The highest BCUT2D eigenvalue weighted by Crippen LogP contribution is 2.15. The van der Waals surface area contributed by atoms with Crippen molar-refractivity contribution in [2.75, 3.05) is 0 Å². The molecule has 94 valence electrons. The molecular weight excluding hydrogens is 212 g/mol. The summed E-state index contributed by atoms with van der Waals surface area (Å²) in [6.07, 6.45) is 0.624. The van der Waals surface area contributed by atoms with Gasteiger partial charge in [-0.25, -0.2) is 0 Å². The van der Waals surface area contributed by atoms with E-state index in [2.05, 4.69) is 5.32 Å². The number of nitrogens with one attached hydrogen (secondary N) is 1. The number of nitrogens with two attached hydrogens (primary N) is 1. The Morgan fingerprint density at radius 3 is 2.41 bits per heavy atom. The number of aryl methyl sites for hydroxylation is 1. The third-order valence-corrected chi connectivity index (χ3v) is 3.18. The SMILES string of the molecule is CCC(C)(N)C(=O)N[C@@H](C)c1ccc(C)cc1. The van der Waals surface area contributed by atoms with E-state index in [0.29, 0.717) is 6.42 Å². The molecule has 0 aromatic heterocycles. The van der Waals surface area contributed by atoms with Crippen LogP contribution in [0.25, 0.3) is 0 Å². The Bertz CT molecular complexity index is 382. The second-order valence-electron chi connectivity index (χ2n) is 4.88. The monoisotopic (exact) mass is 234 g/mol. The second kappa shape index (κ2) is 5.32. The number of benzene rings is 1. The molecule has 0 aliphatic heterocycles. The van der Waals surface area contributed by atoms with Crippen molar-refractivity contribution in [3.8, 4) is 0 Å². The first kappa shape index (κ1) is 13.7. The van der Waals surface area contributed by atoms with Crippen LogP contribution in [-0.2, 0) is 4.79 Å².